The summed E-state index contributed by atoms with van der Waals surface area (Å²) in [5.41, 5.74) is -2.03. The molecule has 0 radical (unpaired) electrons. The van der Waals surface area contributed by atoms with Crippen LogP contribution >= 0.6 is 11.6 Å². The first kappa shape index (κ1) is 22.9. The Bertz CT molecular complexity index is 1210. The molecule has 1 heterocycles. The zero-order chi connectivity index (χ0) is 23.0. The minimum absolute atomic E-state index is 0.0452. The Morgan fingerprint density at radius 2 is 2.00 bits per heavy atom. The first-order valence-corrected chi connectivity index (χ1v) is 10.8. The average molecular weight is 466 g/mol. The second kappa shape index (κ2) is 8.42. The Morgan fingerprint density at radius 1 is 1.29 bits per heavy atom. The number of aliphatic hydroxyl groups is 2. The fraction of sp³-hybridized carbons (Fsp3) is 0.300. The van der Waals surface area contributed by atoms with Gasteiger partial charge in [0.05, 0.1) is 34.9 Å². The summed E-state index contributed by atoms with van der Waals surface area (Å²) < 4.78 is 46.7. The first-order chi connectivity index (χ1) is 14.5. The number of rotatable bonds is 5. The molecule has 1 aliphatic rings. The van der Waals surface area contributed by atoms with E-state index in [4.69, 9.17) is 26.9 Å². The van der Waals surface area contributed by atoms with Crippen molar-refractivity contribution >= 4 is 21.6 Å². The van der Waals surface area contributed by atoms with Crippen LogP contribution in [-0.4, -0.2) is 53.8 Å². The highest BCUT2D eigenvalue weighted by Crippen LogP contribution is 2.35. The lowest BCUT2D eigenvalue weighted by Gasteiger charge is -2.31. The van der Waals surface area contributed by atoms with Crippen LogP contribution in [-0.2, 0) is 10.0 Å². The van der Waals surface area contributed by atoms with Gasteiger partial charge in [-0.25, -0.2) is 12.8 Å². The van der Waals surface area contributed by atoms with Crippen LogP contribution in [0.1, 0.15) is 18.1 Å². The van der Waals surface area contributed by atoms with E-state index >= 15 is 0 Å². The molecule has 8 nitrogen and oxygen atoms in total. The van der Waals surface area contributed by atoms with E-state index < -0.39 is 40.2 Å². The zero-order valence-electron chi connectivity index (χ0n) is 16.2. The van der Waals surface area contributed by atoms with Crippen molar-refractivity contribution in [3.8, 4) is 17.9 Å². The van der Waals surface area contributed by atoms with Gasteiger partial charge >= 0.3 is 0 Å². The molecule has 2 N–H and O–H groups in total. The highest BCUT2D eigenvalue weighted by atomic mass is 35.5. The van der Waals surface area contributed by atoms with Gasteiger partial charge in [-0.05, 0) is 37.3 Å². The van der Waals surface area contributed by atoms with Gasteiger partial charge < -0.3 is 14.9 Å². The predicted octanol–water partition coefficient (Wildman–Crippen LogP) is 1.79. The molecule has 0 spiro atoms. The van der Waals surface area contributed by atoms with Gasteiger partial charge in [0, 0.05) is 12.6 Å². The number of sulfonamides is 1. The third kappa shape index (κ3) is 4.22. The number of benzene rings is 2. The zero-order valence-corrected chi connectivity index (χ0v) is 17.7. The molecule has 2 aromatic rings. The van der Waals surface area contributed by atoms with Crippen LogP contribution in [0.5, 0.6) is 5.75 Å². The monoisotopic (exact) mass is 465 g/mol. The van der Waals surface area contributed by atoms with Gasteiger partial charge in [0.1, 0.15) is 34.2 Å². The quantitative estimate of drug-likeness (QED) is 0.687. The SMILES string of the molecule is CC(O)[C@]1(O)CN(S(=O)(=O)c2ccc(C#N)cc2Cl)C[C@@H]1Oc1ccc(C#N)c(F)c1. The molecule has 0 amide bonds. The van der Waals surface area contributed by atoms with Crippen LogP contribution in [0.4, 0.5) is 4.39 Å². The van der Waals surface area contributed by atoms with Crippen molar-refractivity contribution in [3.63, 3.8) is 0 Å². The van der Waals surface area contributed by atoms with E-state index in [1.54, 1.807) is 6.07 Å². The van der Waals surface area contributed by atoms with Crippen molar-refractivity contribution in [1.82, 2.24) is 4.31 Å². The summed E-state index contributed by atoms with van der Waals surface area (Å²) in [5, 5.41) is 38.7. The number of β-amino-alcohol motifs (C(OH)–C–C–N with tert-alkyl or cyclic N) is 1. The molecule has 162 valence electrons. The summed E-state index contributed by atoms with van der Waals surface area (Å²) >= 11 is 6.05. The lowest BCUT2D eigenvalue weighted by Crippen LogP contribution is -2.53. The highest BCUT2D eigenvalue weighted by molar-refractivity contribution is 7.89. The molecule has 3 rings (SSSR count). The van der Waals surface area contributed by atoms with Crippen LogP contribution in [0.25, 0.3) is 0 Å². The lowest BCUT2D eigenvalue weighted by molar-refractivity contribution is -0.104. The van der Waals surface area contributed by atoms with Gasteiger partial charge in [-0.2, -0.15) is 14.8 Å². The molecule has 0 bridgehead atoms. The molecule has 1 aliphatic heterocycles. The molecular weight excluding hydrogens is 449 g/mol. The Balaban J connectivity index is 1.94. The molecule has 1 saturated heterocycles. The number of ether oxygens (including phenoxy) is 1. The number of nitrogens with zero attached hydrogens (tertiary/aromatic N) is 3. The number of aliphatic hydroxyl groups excluding tert-OH is 1. The Hall–Kier alpha value is -2.73. The topological polar surface area (TPSA) is 135 Å². The fourth-order valence-electron chi connectivity index (χ4n) is 3.26. The highest BCUT2D eigenvalue weighted by Gasteiger charge is 2.54. The van der Waals surface area contributed by atoms with E-state index in [0.717, 1.165) is 10.4 Å². The van der Waals surface area contributed by atoms with Gasteiger partial charge in [-0.1, -0.05) is 11.6 Å². The largest absolute Gasteiger partial charge is 0.486 e. The molecule has 1 unspecified atom stereocenters. The van der Waals surface area contributed by atoms with Gasteiger partial charge in [0.2, 0.25) is 10.0 Å². The first-order valence-electron chi connectivity index (χ1n) is 8.99. The third-order valence-electron chi connectivity index (χ3n) is 5.10. The van der Waals surface area contributed by atoms with Crippen molar-refractivity contribution in [2.45, 2.75) is 29.6 Å². The van der Waals surface area contributed by atoms with E-state index in [2.05, 4.69) is 0 Å². The van der Waals surface area contributed by atoms with Gasteiger partial charge in [-0.15, -0.1) is 0 Å². The molecule has 0 aliphatic carbocycles. The van der Waals surface area contributed by atoms with Crippen LogP contribution in [0.15, 0.2) is 41.3 Å². The third-order valence-corrected chi connectivity index (χ3v) is 7.39. The van der Waals surface area contributed by atoms with E-state index in [1.165, 1.54) is 37.3 Å². The van der Waals surface area contributed by atoms with Crippen molar-refractivity contribution < 1.29 is 27.8 Å². The molecule has 0 saturated carbocycles. The Morgan fingerprint density at radius 3 is 2.55 bits per heavy atom. The summed E-state index contributed by atoms with van der Waals surface area (Å²) in [4.78, 5) is -0.272. The standard InChI is InChI=1S/C20H17ClFN3O5S/c1-12(26)20(27)11-25(31(28,29)18-5-2-13(8-23)6-16(18)21)10-19(20)30-15-4-3-14(9-24)17(22)7-15/h2-7,12,19,26-27H,10-11H2,1H3/t12?,19-,20+/m0/s1. The summed E-state index contributed by atoms with van der Waals surface area (Å²) in [6.45, 7) is 0.412. The molecule has 3 atom stereocenters. The maximum atomic E-state index is 13.9. The lowest BCUT2D eigenvalue weighted by atomic mass is 9.94. The summed E-state index contributed by atoms with van der Waals surface area (Å²) in [6, 6.07) is 10.6. The van der Waals surface area contributed by atoms with Gasteiger partial charge in [0.25, 0.3) is 0 Å². The Labute approximate surface area is 183 Å². The van der Waals surface area contributed by atoms with Crippen LogP contribution in [0, 0.1) is 28.5 Å². The minimum atomic E-state index is -4.22. The molecule has 11 heteroatoms. The fourth-order valence-corrected chi connectivity index (χ4v) is 5.26. The molecule has 31 heavy (non-hydrogen) atoms. The number of hydrogen-bond acceptors (Lipinski definition) is 7. The second-order valence-corrected chi connectivity index (χ2v) is 9.40. The average Bonchev–Trinajstić information content (AvgIpc) is 3.06. The molecule has 2 aromatic carbocycles. The predicted molar refractivity (Wildman–Crippen MR) is 107 cm³/mol. The second-order valence-electron chi connectivity index (χ2n) is 7.08. The van der Waals surface area contributed by atoms with Crippen molar-refractivity contribution in [2.75, 3.05) is 13.1 Å². The molecule has 1 fully saturated rings. The smallest absolute Gasteiger partial charge is 0.244 e. The van der Waals surface area contributed by atoms with Crippen molar-refractivity contribution in [2.24, 2.45) is 0 Å². The van der Waals surface area contributed by atoms with Crippen molar-refractivity contribution in [3.05, 3.63) is 58.4 Å². The summed E-state index contributed by atoms with van der Waals surface area (Å²) in [5.74, 6) is -0.886. The van der Waals surface area contributed by atoms with E-state index in [0.29, 0.717) is 0 Å². The molecular formula is C20H17ClFN3O5S. The summed E-state index contributed by atoms with van der Waals surface area (Å²) in [7, 11) is -4.22. The van der Waals surface area contributed by atoms with Crippen LogP contribution in [0.3, 0.4) is 0 Å². The number of nitriles is 2. The van der Waals surface area contributed by atoms with E-state index in [9.17, 15) is 23.0 Å². The normalized spacial score (nSPS) is 22.5. The molecule has 0 aromatic heterocycles. The Kier molecular flexibility index (Phi) is 6.23. The number of hydrogen-bond donors (Lipinski definition) is 2. The van der Waals surface area contributed by atoms with Gasteiger partial charge in [0.15, 0.2) is 0 Å². The van der Waals surface area contributed by atoms with Crippen molar-refractivity contribution in [1.29, 1.82) is 10.5 Å². The van der Waals surface area contributed by atoms with E-state index in [-0.39, 0.29) is 33.3 Å². The van der Waals surface area contributed by atoms with Crippen LogP contribution in [0.2, 0.25) is 5.02 Å². The summed E-state index contributed by atoms with van der Waals surface area (Å²) in [6.07, 6.45) is -2.64. The minimum Gasteiger partial charge on any atom is -0.486 e. The number of halogens is 2. The maximum absolute atomic E-state index is 13.9. The van der Waals surface area contributed by atoms with Crippen LogP contribution < -0.4 is 4.74 Å². The van der Waals surface area contributed by atoms with E-state index in [1.807, 2.05) is 6.07 Å². The van der Waals surface area contributed by atoms with Gasteiger partial charge in [-0.3, -0.25) is 0 Å². The maximum Gasteiger partial charge on any atom is 0.244 e.